The molecule has 16 nitrogen and oxygen atoms in total. The quantitative estimate of drug-likeness (QED) is 0.226. The van der Waals surface area contributed by atoms with Crippen molar-refractivity contribution < 1.29 is 23.9 Å². The number of hydrazine groups is 1. The zero-order valence-electron chi connectivity index (χ0n) is 40.1. The van der Waals surface area contributed by atoms with Crippen LogP contribution >= 0.6 is 11.3 Å². The number of benzene rings is 1. The SMILES string of the molecule is CCn1c(-c2cc(N3CCN4CCNC[C@@H]4C3)cnc2[C@H](C)OC)c2c3cc(ccc31)-c1csc(n1)C[C@H](NC(=O)N1[C@@H](C)CN(C)C[C@@H]1C)C(=O)N1CCC[C@H](N1)C(=O)OCC(C)(C)C2. The number of hydrogen-bond acceptors (Lipinski definition) is 13. The van der Waals surface area contributed by atoms with Crippen molar-refractivity contribution in [2.45, 2.75) is 110 Å². The molecule has 4 aromatic rings. The van der Waals surface area contributed by atoms with Gasteiger partial charge < -0.3 is 39.4 Å². The van der Waals surface area contributed by atoms with Gasteiger partial charge in [-0.3, -0.25) is 24.5 Å². The first-order chi connectivity index (χ1) is 31.7. The van der Waals surface area contributed by atoms with Crippen molar-refractivity contribution in [3.63, 3.8) is 0 Å². The number of pyridine rings is 1. The molecule has 1 aromatic carbocycles. The molecule has 0 unspecified atom stereocenters. The first-order valence-electron chi connectivity index (χ1n) is 24.1. The second-order valence-electron chi connectivity index (χ2n) is 20.1. The fraction of sp³-hybridized carbons (Fsp3) is 0.612. The Morgan fingerprint density at radius 2 is 1.89 bits per heavy atom. The monoisotopic (exact) mass is 924 g/mol. The standard InChI is InChI=1S/C49H69N11O5S/c1-9-58-42-13-12-33-19-36(42)38(45(58)37-20-34(24-51-44(37)32(4)64-8)57-18-17-56-16-14-50-23-35(56)27-57)22-49(5,6)29-65-47(62)39-11-10-15-59(54-39)46(61)40(21-43-52-41(33)28-66-43)53-48(63)60-30(2)25-55(7)26-31(60)3/h12-13,19-20,24,28,30-32,35,39-40,50,54H,9-11,14-18,21-23,25-27,29H2,1-8H3,(H,53,63)/t30-,31-,32-,35+,39-,40-/m0/s1. The van der Waals surface area contributed by atoms with E-state index in [1.807, 2.05) is 24.9 Å². The highest BCUT2D eigenvalue weighted by atomic mass is 32.1. The third-order valence-electron chi connectivity index (χ3n) is 14.5. The maximum atomic E-state index is 14.5. The number of aromatic nitrogens is 3. The van der Waals surface area contributed by atoms with E-state index in [0.717, 1.165) is 114 Å². The molecule has 0 aliphatic carbocycles. The van der Waals surface area contributed by atoms with Crippen LogP contribution in [0.3, 0.4) is 0 Å². The van der Waals surface area contributed by atoms with Gasteiger partial charge in [0.2, 0.25) is 0 Å². The number of piperazine rings is 3. The number of rotatable bonds is 6. The van der Waals surface area contributed by atoms with Gasteiger partial charge in [-0.15, -0.1) is 11.3 Å². The highest BCUT2D eigenvalue weighted by Crippen LogP contribution is 2.43. The summed E-state index contributed by atoms with van der Waals surface area (Å²) in [7, 11) is 3.80. The number of fused-ring (bicyclic) bond motifs is 7. The normalized spacial score (nSPS) is 26.2. The fourth-order valence-electron chi connectivity index (χ4n) is 11.1. The lowest BCUT2D eigenvalue weighted by atomic mass is 9.84. The molecule has 5 aliphatic heterocycles. The van der Waals surface area contributed by atoms with Gasteiger partial charge in [-0.05, 0) is 77.8 Å². The molecule has 8 heterocycles. The Bertz CT molecular complexity index is 2420. The van der Waals surface area contributed by atoms with E-state index in [4.69, 9.17) is 19.4 Å². The lowest BCUT2D eigenvalue weighted by Crippen LogP contribution is -2.64. The zero-order chi connectivity index (χ0) is 46.4. The third kappa shape index (κ3) is 9.31. The number of thiazole rings is 1. The Balaban J connectivity index is 1.14. The van der Waals surface area contributed by atoms with E-state index in [-0.39, 0.29) is 43.2 Å². The van der Waals surface area contributed by atoms with Gasteiger partial charge in [0.05, 0.1) is 46.7 Å². The minimum absolute atomic E-state index is 0.0377. The molecule has 9 rings (SSSR count). The summed E-state index contributed by atoms with van der Waals surface area (Å²) >= 11 is 1.49. The number of likely N-dealkylation sites (N-methyl/N-ethyl adjacent to an activating group) is 1. The highest BCUT2D eigenvalue weighted by molar-refractivity contribution is 7.10. The molecule has 0 radical (unpaired) electrons. The topological polar surface area (TPSA) is 153 Å². The number of carbonyl (C=O) groups excluding carboxylic acids is 3. The molecule has 6 atom stereocenters. The lowest BCUT2D eigenvalue weighted by Gasteiger charge is -2.45. The number of nitrogens with one attached hydrogen (secondary N) is 3. The number of aryl methyl sites for hydroxylation is 1. The summed E-state index contributed by atoms with van der Waals surface area (Å²) in [5.74, 6) is -0.700. The summed E-state index contributed by atoms with van der Waals surface area (Å²) in [6.07, 6.45) is 3.70. The van der Waals surface area contributed by atoms with Crippen LogP contribution in [0.4, 0.5) is 10.5 Å². The molecule has 3 aromatic heterocycles. The van der Waals surface area contributed by atoms with Gasteiger partial charge in [0, 0.05) is 130 Å². The molecule has 17 heteroatoms. The Kier molecular flexibility index (Phi) is 13.5. The number of ether oxygens (including phenoxy) is 2. The van der Waals surface area contributed by atoms with Gasteiger partial charge in [0.15, 0.2) is 0 Å². The van der Waals surface area contributed by atoms with Crippen LogP contribution < -0.4 is 21.0 Å². The molecule has 0 saturated carbocycles. The van der Waals surface area contributed by atoms with Crippen LogP contribution in [-0.4, -0.2) is 162 Å². The summed E-state index contributed by atoms with van der Waals surface area (Å²) in [5.41, 5.74) is 10.8. The number of esters is 1. The highest BCUT2D eigenvalue weighted by Gasteiger charge is 2.39. The van der Waals surface area contributed by atoms with Gasteiger partial charge in [-0.1, -0.05) is 19.9 Å². The van der Waals surface area contributed by atoms with Gasteiger partial charge in [-0.25, -0.2) is 15.2 Å². The summed E-state index contributed by atoms with van der Waals surface area (Å²) in [5, 5.41) is 12.1. The van der Waals surface area contributed by atoms with Crippen LogP contribution in [0.5, 0.6) is 0 Å². The number of amides is 3. The van der Waals surface area contributed by atoms with Crippen LogP contribution in [0.1, 0.15) is 76.8 Å². The number of anilines is 1. The number of cyclic esters (lactones) is 1. The largest absolute Gasteiger partial charge is 0.464 e. The van der Waals surface area contributed by atoms with Gasteiger partial charge in [0.25, 0.3) is 5.91 Å². The summed E-state index contributed by atoms with van der Waals surface area (Å²) in [6, 6.07) is 7.37. The van der Waals surface area contributed by atoms with E-state index in [9.17, 15) is 14.4 Å². The van der Waals surface area contributed by atoms with Crippen LogP contribution in [0.15, 0.2) is 35.8 Å². The van der Waals surface area contributed by atoms with Crippen LogP contribution in [0, 0.1) is 5.41 Å². The Morgan fingerprint density at radius 3 is 2.67 bits per heavy atom. The van der Waals surface area contributed by atoms with Crippen molar-refractivity contribution in [1.82, 2.24) is 50.3 Å². The Hall–Kier alpha value is -4.65. The van der Waals surface area contributed by atoms with Crippen LogP contribution in [0.2, 0.25) is 0 Å². The van der Waals surface area contributed by atoms with Gasteiger partial charge >= 0.3 is 12.0 Å². The second-order valence-corrected chi connectivity index (χ2v) is 21.0. The van der Waals surface area contributed by atoms with Gasteiger partial charge in [0.1, 0.15) is 12.1 Å². The predicted octanol–water partition coefficient (Wildman–Crippen LogP) is 4.91. The molecular weight excluding hydrogens is 855 g/mol. The van der Waals surface area contributed by atoms with E-state index in [0.29, 0.717) is 31.8 Å². The molecular formula is C49H69N11O5S. The number of nitrogens with zero attached hydrogens (tertiary/aromatic N) is 8. The van der Waals surface area contributed by atoms with E-state index in [1.54, 1.807) is 7.11 Å². The van der Waals surface area contributed by atoms with E-state index in [1.165, 1.54) is 16.3 Å². The van der Waals surface area contributed by atoms with Gasteiger partial charge in [-0.2, -0.15) is 0 Å². The molecule has 4 saturated heterocycles. The molecule has 0 spiro atoms. The number of hydrogen-bond donors (Lipinski definition) is 3. The van der Waals surface area contributed by atoms with E-state index < -0.39 is 23.5 Å². The Morgan fingerprint density at radius 1 is 1.09 bits per heavy atom. The van der Waals surface area contributed by atoms with Crippen molar-refractivity contribution in [3.05, 3.63) is 52.1 Å². The van der Waals surface area contributed by atoms with Crippen molar-refractivity contribution >= 4 is 45.8 Å². The molecule has 6 bridgehead atoms. The van der Waals surface area contributed by atoms with E-state index in [2.05, 4.69) is 99.7 Å². The van der Waals surface area contributed by atoms with Crippen molar-refractivity contribution in [1.29, 1.82) is 0 Å². The van der Waals surface area contributed by atoms with E-state index >= 15 is 0 Å². The lowest BCUT2D eigenvalue weighted by molar-refractivity contribution is -0.155. The summed E-state index contributed by atoms with van der Waals surface area (Å²) < 4.78 is 14.6. The molecule has 4 fully saturated rings. The molecule has 3 N–H and O–H groups in total. The second kappa shape index (κ2) is 19.2. The number of methoxy groups -OCH3 is 1. The molecule has 5 aliphatic rings. The maximum absolute atomic E-state index is 14.5. The minimum atomic E-state index is -0.915. The minimum Gasteiger partial charge on any atom is -0.464 e. The molecule has 66 heavy (non-hydrogen) atoms. The first kappa shape index (κ1) is 46.5. The number of carbonyl (C=O) groups is 3. The third-order valence-corrected chi connectivity index (χ3v) is 15.3. The Labute approximate surface area is 393 Å². The number of urea groups is 1. The smallest absolute Gasteiger partial charge is 0.324 e. The van der Waals surface area contributed by atoms with Crippen molar-refractivity contribution in [2.75, 3.05) is 84.6 Å². The summed E-state index contributed by atoms with van der Waals surface area (Å²) in [4.78, 5) is 62.1. The van der Waals surface area contributed by atoms with Crippen molar-refractivity contribution in [2.24, 2.45) is 5.41 Å². The molecule has 356 valence electrons. The first-order valence-corrected chi connectivity index (χ1v) is 24.9. The predicted molar refractivity (Wildman–Crippen MR) is 258 cm³/mol. The van der Waals surface area contributed by atoms with Crippen molar-refractivity contribution in [3.8, 4) is 22.5 Å². The zero-order valence-corrected chi connectivity index (χ0v) is 40.9. The van der Waals surface area contributed by atoms with Crippen LogP contribution in [-0.2, 0) is 38.4 Å². The maximum Gasteiger partial charge on any atom is 0.324 e. The average Bonchev–Trinajstić information content (AvgIpc) is 3.90. The van der Waals surface area contributed by atoms with Crippen LogP contribution in [0.25, 0.3) is 33.4 Å². The average molecular weight is 924 g/mol. The summed E-state index contributed by atoms with van der Waals surface area (Å²) in [6.45, 7) is 21.4. The fourth-order valence-corrected chi connectivity index (χ4v) is 11.9. The molecule has 3 amide bonds.